The number of nitriles is 1. The highest BCUT2D eigenvalue weighted by molar-refractivity contribution is 8.03. The molecule has 0 spiro atoms. The molecule has 1 aliphatic heterocycles. The van der Waals surface area contributed by atoms with Crippen molar-refractivity contribution < 1.29 is 47.7 Å². The lowest BCUT2D eigenvalue weighted by Gasteiger charge is -2.44. The van der Waals surface area contributed by atoms with Crippen LogP contribution in [0.5, 0.6) is 0 Å². The molecule has 1 heterocycles. The van der Waals surface area contributed by atoms with Gasteiger partial charge in [0.05, 0.1) is 5.03 Å². The standard InChI is InChI=1S/C30H30ClN3O10S/c1-16(35)40-15-24-25(41-17(2)36)26(42-18(3)37)27(43-19(4)38)30(44-24)45-29(34-21-8-6-5-7-9-21)23(14-32)28(39)33-22-12-10-20(31)11-13-22/h5-13,24-27,30,34H,15H2,1-4H3,(H,33,39)/b29-23+/t24-,25+,26+,27-,30+/m1/s1. The second kappa shape index (κ2) is 16.5. The highest BCUT2D eigenvalue weighted by Gasteiger charge is 2.53. The predicted octanol–water partition coefficient (Wildman–Crippen LogP) is 3.94. The number of benzene rings is 2. The average Bonchev–Trinajstić information content (AvgIpc) is 2.96. The van der Waals surface area contributed by atoms with Gasteiger partial charge in [-0.2, -0.15) is 5.26 Å². The van der Waals surface area contributed by atoms with Crippen LogP contribution in [-0.4, -0.2) is 66.2 Å². The van der Waals surface area contributed by atoms with Gasteiger partial charge >= 0.3 is 23.9 Å². The Morgan fingerprint density at radius 1 is 0.800 bits per heavy atom. The van der Waals surface area contributed by atoms with E-state index >= 15 is 0 Å². The van der Waals surface area contributed by atoms with E-state index in [1.54, 1.807) is 54.6 Å². The molecule has 1 saturated heterocycles. The van der Waals surface area contributed by atoms with Crippen molar-refractivity contribution in [1.29, 1.82) is 5.26 Å². The quantitative estimate of drug-likeness (QED) is 0.153. The maximum atomic E-state index is 13.4. The van der Waals surface area contributed by atoms with Gasteiger partial charge in [-0.05, 0) is 36.4 Å². The molecular weight excluding hydrogens is 630 g/mol. The van der Waals surface area contributed by atoms with Gasteiger partial charge in [0.1, 0.15) is 24.4 Å². The van der Waals surface area contributed by atoms with Crippen molar-refractivity contribution in [2.75, 3.05) is 17.2 Å². The Morgan fingerprint density at radius 3 is 1.91 bits per heavy atom. The van der Waals surface area contributed by atoms with Crippen LogP contribution in [0.2, 0.25) is 5.02 Å². The average molecular weight is 660 g/mol. The Hall–Kier alpha value is -4.58. The zero-order chi connectivity index (χ0) is 33.1. The summed E-state index contributed by atoms with van der Waals surface area (Å²) in [7, 11) is 0. The Balaban J connectivity index is 2.12. The van der Waals surface area contributed by atoms with Crippen molar-refractivity contribution in [2.45, 2.75) is 57.5 Å². The minimum absolute atomic E-state index is 0.0314. The van der Waals surface area contributed by atoms with E-state index in [0.29, 0.717) is 16.4 Å². The fourth-order valence-electron chi connectivity index (χ4n) is 4.13. The van der Waals surface area contributed by atoms with Crippen LogP contribution >= 0.6 is 23.4 Å². The summed E-state index contributed by atoms with van der Waals surface area (Å²) in [5, 5.41) is 16.2. The van der Waals surface area contributed by atoms with Gasteiger partial charge in [0.25, 0.3) is 5.91 Å². The van der Waals surface area contributed by atoms with Gasteiger partial charge in [-0.15, -0.1) is 0 Å². The Morgan fingerprint density at radius 2 is 1.36 bits per heavy atom. The lowest BCUT2D eigenvalue weighted by molar-refractivity contribution is -0.237. The zero-order valence-corrected chi connectivity index (χ0v) is 26.2. The SMILES string of the molecule is CC(=O)OC[C@H]1O[C@@H](S/C(Nc2ccccc2)=C(\C#N)C(=O)Nc2ccc(Cl)cc2)[C@H](OC(C)=O)[C@@H](OC(C)=O)[C@H]1OC(C)=O. The first-order valence-electron chi connectivity index (χ1n) is 13.4. The second-order valence-electron chi connectivity index (χ2n) is 9.45. The molecule has 2 aromatic carbocycles. The number of carbonyl (C=O) groups is 5. The van der Waals surface area contributed by atoms with Crippen molar-refractivity contribution in [3.8, 4) is 6.07 Å². The summed E-state index contributed by atoms with van der Waals surface area (Å²) in [6.45, 7) is 4.04. The van der Waals surface area contributed by atoms with Crippen molar-refractivity contribution in [2.24, 2.45) is 0 Å². The summed E-state index contributed by atoms with van der Waals surface area (Å²) in [6, 6.07) is 16.7. The first-order chi connectivity index (χ1) is 21.4. The molecule has 2 aromatic rings. The van der Waals surface area contributed by atoms with E-state index in [-0.39, 0.29) is 10.6 Å². The maximum Gasteiger partial charge on any atom is 0.303 e. The minimum atomic E-state index is -1.44. The van der Waals surface area contributed by atoms with Crippen LogP contribution in [0.4, 0.5) is 11.4 Å². The van der Waals surface area contributed by atoms with E-state index in [4.69, 9.17) is 35.3 Å². The summed E-state index contributed by atoms with van der Waals surface area (Å²) >= 11 is 6.71. The number of ether oxygens (including phenoxy) is 5. The molecule has 15 heteroatoms. The molecule has 238 valence electrons. The molecule has 3 rings (SSSR count). The summed E-state index contributed by atoms with van der Waals surface area (Å²) in [6.07, 6.45) is -5.46. The molecule has 0 unspecified atom stereocenters. The van der Waals surface area contributed by atoms with Crippen LogP contribution in [0.1, 0.15) is 27.7 Å². The number of anilines is 2. The predicted molar refractivity (Wildman–Crippen MR) is 162 cm³/mol. The first-order valence-corrected chi connectivity index (χ1v) is 14.6. The van der Waals surface area contributed by atoms with Gasteiger partial charge in [-0.3, -0.25) is 24.0 Å². The zero-order valence-electron chi connectivity index (χ0n) is 24.6. The smallest absolute Gasteiger partial charge is 0.303 e. The molecule has 0 aromatic heterocycles. The number of esters is 4. The highest BCUT2D eigenvalue weighted by atomic mass is 35.5. The number of carbonyl (C=O) groups excluding carboxylic acids is 5. The third kappa shape index (κ3) is 10.5. The number of hydrogen-bond acceptors (Lipinski definition) is 13. The van der Waals surface area contributed by atoms with E-state index in [0.717, 1.165) is 39.5 Å². The topological polar surface area (TPSA) is 179 Å². The van der Waals surface area contributed by atoms with Gasteiger partial charge in [0.2, 0.25) is 0 Å². The fraction of sp³-hybridized carbons (Fsp3) is 0.333. The summed E-state index contributed by atoms with van der Waals surface area (Å²) < 4.78 is 27.7. The number of para-hydroxylation sites is 1. The van der Waals surface area contributed by atoms with E-state index in [1.165, 1.54) is 0 Å². The van der Waals surface area contributed by atoms with Crippen LogP contribution in [0.25, 0.3) is 0 Å². The van der Waals surface area contributed by atoms with Crippen molar-refractivity contribution >= 4 is 64.5 Å². The third-order valence-corrected chi connectivity index (χ3v) is 7.29. The summed E-state index contributed by atoms with van der Waals surface area (Å²) in [5.74, 6) is -3.85. The van der Waals surface area contributed by atoms with Crippen LogP contribution in [0.15, 0.2) is 65.2 Å². The number of amides is 1. The molecule has 45 heavy (non-hydrogen) atoms. The van der Waals surface area contributed by atoms with Crippen LogP contribution in [-0.2, 0) is 47.7 Å². The Bertz CT molecular complexity index is 1480. The van der Waals surface area contributed by atoms with Gasteiger partial charge < -0.3 is 34.3 Å². The number of halogens is 1. The third-order valence-electron chi connectivity index (χ3n) is 5.88. The van der Waals surface area contributed by atoms with Crippen LogP contribution < -0.4 is 10.6 Å². The molecule has 5 atom stereocenters. The highest BCUT2D eigenvalue weighted by Crippen LogP contribution is 2.38. The van der Waals surface area contributed by atoms with Gasteiger partial charge in [-0.1, -0.05) is 41.6 Å². The van der Waals surface area contributed by atoms with Crippen LogP contribution in [0, 0.1) is 11.3 Å². The van der Waals surface area contributed by atoms with Gasteiger partial charge in [-0.25, -0.2) is 0 Å². The van der Waals surface area contributed by atoms with E-state index < -0.39 is 66.2 Å². The lowest BCUT2D eigenvalue weighted by Crippen LogP contribution is -2.61. The molecular formula is C30H30ClN3O10S. The van der Waals surface area contributed by atoms with Gasteiger partial charge in [0, 0.05) is 44.1 Å². The molecule has 0 aliphatic carbocycles. The van der Waals surface area contributed by atoms with Crippen molar-refractivity contribution in [3.63, 3.8) is 0 Å². The monoisotopic (exact) mass is 659 g/mol. The van der Waals surface area contributed by atoms with Crippen LogP contribution in [0.3, 0.4) is 0 Å². The largest absolute Gasteiger partial charge is 0.463 e. The first kappa shape index (κ1) is 34.9. The lowest BCUT2D eigenvalue weighted by atomic mass is 9.99. The fourth-order valence-corrected chi connectivity index (χ4v) is 5.47. The molecule has 1 amide bonds. The molecule has 13 nitrogen and oxygen atoms in total. The Kier molecular flexibility index (Phi) is 12.8. The van der Waals surface area contributed by atoms with E-state index in [1.807, 2.05) is 6.07 Å². The second-order valence-corrected chi connectivity index (χ2v) is 11.0. The number of nitrogens with zero attached hydrogens (tertiary/aromatic N) is 1. The summed E-state index contributed by atoms with van der Waals surface area (Å²) in [5.41, 5.74) is -0.846. The van der Waals surface area contributed by atoms with E-state index in [2.05, 4.69) is 10.6 Å². The number of hydrogen-bond donors (Lipinski definition) is 2. The minimum Gasteiger partial charge on any atom is -0.463 e. The normalized spacial score (nSPS) is 21.2. The van der Waals surface area contributed by atoms with E-state index in [9.17, 15) is 29.2 Å². The van der Waals surface area contributed by atoms with Gasteiger partial charge in [0.15, 0.2) is 23.7 Å². The molecule has 2 N–H and O–H groups in total. The molecule has 1 fully saturated rings. The van der Waals surface area contributed by atoms with Crippen molar-refractivity contribution in [1.82, 2.24) is 0 Å². The number of thioether (sulfide) groups is 1. The Labute approximate surface area is 268 Å². The number of rotatable bonds is 11. The molecule has 1 aliphatic rings. The van der Waals surface area contributed by atoms with Crippen molar-refractivity contribution in [3.05, 3.63) is 70.2 Å². The molecule has 0 bridgehead atoms. The summed E-state index contributed by atoms with van der Waals surface area (Å²) in [4.78, 5) is 61.6. The molecule has 0 radical (unpaired) electrons. The number of nitrogens with one attached hydrogen (secondary N) is 2. The maximum absolute atomic E-state index is 13.4. The molecule has 0 saturated carbocycles.